The van der Waals surface area contributed by atoms with E-state index >= 15 is 0 Å². The summed E-state index contributed by atoms with van der Waals surface area (Å²) >= 11 is 2.66. The Morgan fingerprint density at radius 2 is 0.929 bits per heavy atom. The second-order valence-electron chi connectivity index (χ2n) is 5.01. The molecule has 0 saturated heterocycles. The average Bonchev–Trinajstić information content (AvgIpc) is 1.79. The zero-order valence-electron chi connectivity index (χ0n) is 10.8. The van der Waals surface area contributed by atoms with Crippen molar-refractivity contribution in [1.82, 2.24) is 0 Å². The van der Waals surface area contributed by atoms with Crippen molar-refractivity contribution in [3.05, 3.63) is 0 Å². The van der Waals surface area contributed by atoms with Crippen molar-refractivity contribution in [2.75, 3.05) is 0 Å². The van der Waals surface area contributed by atoms with Crippen LogP contribution < -0.4 is 10.2 Å². The molecule has 0 aromatic rings. The molecule has 0 saturated carbocycles. The molecule has 0 rings (SSSR count). The molecule has 0 aromatic heterocycles. The predicted molar refractivity (Wildman–Crippen MR) is 60.4 cm³/mol. The number of hydrogen-bond acceptors (Lipinski definition) is 2. The van der Waals surface area contributed by atoms with Crippen LogP contribution in [-0.4, -0.2) is 27.5 Å². The number of rotatable bonds is 1. The van der Waals surface area contributed by atoms with Crippen LogP contribution in [0.5, 0.6) is 0 Å². The normalized spacial score (nSPS) is 10.8. The van der Waals surface area contributed by atoms with Gasteiger partial charge in [-0.15, -0.1) is 11.2 Å². The van der Waals surface area contributed by atoms with E-state index < -0.39 is 11.2 Å². The van der Waals surface area contributed by atoms with Gasteiger partial charge in [0, 0.05) is 0 Å². The molecular weight excluding hydrogens is 191 g/mol. The van der Waals surface area contributed by atoms with Crippen molar-refractivity contribution < 1.29 is 10.2 Å². The van der Waals surface area contributed by atoms with Crippen molar-refractivity contribution >= 4 is 16.3 Å². The molecule has 0 spiro atoms. The van der Waals surface area contributed by atoms with Crippen molar-refractivity contribution in [2.45, 2.75) is 71.4 Å². The minimum atomic E-state index is -0.750. The Hall–Kier alpha value is 0.452. The van der Waals surface area contributed by atoms with Crippen LogP contribution in [0.3, 0.4) is 0 Å². The summed E-state index contributed by atoms with van der Waals surface area (Å²) in [7, 11) is 0. The maximum atomic E-state index is 10.1. The van der Waals surface area contributed by atoms with Gasteiger partial charge in [-0.3, -0.25) is 0 Å². The van der Waals surface area contributed by atoms with Crippen molar-refractivity contribution in [2.24, 2.45) is 0 Å². The zero-order valence-corrected chi connectivity index (χ0v) is 12.0. The zero-order chi connectivity index (χ0) is 12.4. The molecule has 0 N–H and O–H groups in total. The van der Waals surface area contributed by atoms with Crippen LogP contribution in [-0.2, 0) is 0 Å². The Bertz CT molecular complexity index is 74.8. The molecular formula is C11H25AlO2. The van der Waals surface area contributed by atoms with Gasteiger partial charge in [-0.1, -0.05) is 41.5 Å². The molecule has 14 heavy (non-hydrogen) atoms. The van der Waals surface area contributed by atoms with Gasteiger partial charge in [0.05, 0.1) is 0 Å². The summed E-state index contributed by atoms with van der Waals surface area (Å²) in [4.78, 5) is 0. The van der Waals surface area contributed by atoms with E-state index in [1.807, 2.05) is 0 Å². The van der Waals surface area contributed by atoms with Crippen LogP contribution in [0.1, 0.15) is 54.9 Å². The summed E-state index contributed by atoms with van der Waals surface area (Å²) in [5, 5.41) is 21.4. The van der Waals surface area contributed by atoms with Crippen molar-refractivity contribution in [3.8, 4) is 0 Å². The van der Waals surface area contributed by atoms with Crippen LogP contribution in [0.15, 0.2) is 0 Å². The molecule has 0 aliphatic heterocycles. The molecule has 0 fully saturated rings. The quantitative estimate of drug-likeness (QED) is 0.620. The van der Waals surface area contributed by atoms with E-state index in [1.54, 1.807) is 41.5 Å². The second kappa shape index (κ2) is 9.99. The first-order valence-corrected chi connectivity index (χ1v) is 5.84. The Morgan fingerprint density at radius 1 is 0.857 bits per heavy atom. The molecule has 0 atom stereocenters. The summed E-state index contributed by atoms with van der Waals surface area (Å²) in [5.74, 6) is 0. The van der Waals surface area contributed by atoms with Gasteiger partial charge < -0.3 is 10.2 Å². The molecule has 0 radical (unpaired) electrons. The van der Waals surface area contributed by atoms with E-state index in [1.165, 1.54) is 11.7 Å². The molecule has 2 nitrogen and oxygen atoms in total. The first kappa shape index (κ1) is 19.9. The third-order valence-electron chi connectivity index (χ3n) is 0.289. The van der Waals surface area contributed by atoms with E-state index in [2.05, 4.69) is 23.2 Å². The SMILES string of the molecule is CC(C)(C)[O-].CC(C)(C)[O-].CC[CH2][Al+2]. The summed E-state index contributed by atoms with van der Waals surface area (Å²) in [6, 6.07) is 0. The first-order valence-electron chi connectivity index (χ1n) is 5.02. The Morgan fingerprint density at radius 3 is 0.929 bits per heavy atom. The fourth-order valence-corrected chi connectivity index (χ4v) is 0. The topological polar surface area (TPSA) is 46.1 Å². The molecule has 84 valence electrons. The van der Waals surface area contributed by atoms with Crippen LogP contribution in [0.2, 0.25) is 5.28 Å². The van der Waals surface area contributed by atoms with Crippen LogP contribution in [0.4, 0.5) is 0 Å². The van der Waals surface area contributed by atoms with Crippen molar-refractivity contribution in [3.63, 3.8) is 0 Å². The Labute approximate surface area is 98.2 Å². The third-order valence-corrected chi connectivity index (χ3v) is 0.866. The molecule has 3 heteroatoms. The second-order valence-corrected chi connectivity index (χ2v) is 5.59. The molecule has 0 amide bonds. The monoisotopic (exact) mass is 216 g/mol. The molecule has 0 aliphatic carbocycles. The standard InChI is InChI=1S/2C4H9O.C3H7.Al/c2*1-4(2,3)5;1-3-2;/h2*1-3H3;1,3H2,2H3;/q2*-1;;+2. The Kier molecular flexibility index (Phi) is 14.2. The molecule has 0 unspecified atom stereocenters. The molecule has 0 heterocycles. The fraction of sp³-hybridized carbons (Fsp3) is 1.00. The van der Waals surface area contributed by atoms with E-state index in [0.717, 1.165) is 0 Å². The minimum absolute atomic E-state index is 0.750. The van der Waals surface area contributed by atoms with E-state index in [-0.39, 0.29) is 0 Å². The molecule has 0 bridgehead atoms. The summed E-state index contributed by atoms with van der Waals surface area (Å²) in [6.45, 7) is 12.0. The van der Waals surface area contributed by atoms with Gasteiger partial charge >= 0.3 is 34.9 Å². The van der Waals surface area contributed by atoms with E-state index in [4.69, 9.17) is 0 Å². The first-order chi connectivity index (χ1) is 5.91. The van der Waals surface area contributed by atoms with Gasteiger partial charge in [0.15, 0.2) is 0 Å². The van der Waals surface area contributed by atoms with Gasteiger partial charge in [-0.05, 0) is 0 Å². The van der Waals surface area contributed by atoms with Gasteiger partial charge in [0.1, 0.15) is 0 Å². The Balaban J connectivity index is -0.000000131. The van der Waals surface area contributed by atoms with Crippen LogP contribution in [0.25, 0.3) is 0 Å². The van der Waals surface area contributed by atoms with E-state index in [9.17, 15) is 10.2 Å². The average molecular weight is 216 g/mol. The van der Waals surface area contributed by atoms with Gasteiger partial charge in [-0.2, -0.15) is 0 Å². The summed E-state index contributed by atoms with van der Waals surface area (Å²) in [6.07, 6.45) is 1.28. The third kappa shape index (κ3) is 774. The fourth-order valence-electron chi connectivity index (χ4n) is 0. The maximum absolute atomic E-state index is 10.1. The van der Waals surface area contributed by atoms with Crippen molar-refractivity contribution in [1.29, 1.82) is 0 Å². The van der Waals surface area contributed by atoms with Gasteiger partial charge in [0.2, 0.25) is 0 Å². The molecule has 0 aliphatic rings. The molecule has 0 aromatic carbocycles. The number of hydrogen-bond donors (Lipinski definition) is 0. The van der Waals surface area contributed by atoms with Crippen LogP contribution >= 0.6 is 0 Å². The van der Waals surface area contributed by atoms with Crippen LogP contribution in [0, 0.1) is 0 Å². The van der Waals surface area contributed by atoms with Gasteiger partial charge in [0.25, 0.3) is 0 Å². The van der Waals surface area contributed by atoms with Gasteiger partial charge in [-0.25, -0.2) is 0 Å². The predicted octanol–water partition coefficient (Wildman–Crippen LogP) is 1.27. The summed E-state index contributed by atoms with van der Waals surface area (Å²) < 4.78 is 0. The summed E-state index contributed by atoms with van der Waals surface area (Å²) in [5.41, 5.74) is -1.50. The van der Waals surface area contributed by atoms with E-state index in [0.29, 0.717) is 0 Å².